The summed E-state index contributed by atoms with van der Waals surface area (Å²) in [5.74, 6) is 0.333. The van der Waals surface area contributed by atoms with Gasteiger partial charge in [-0.05, 0) is 16.7 Å². The van der Waals surface area contributed by atoms with Crippen LogP contribution in [0.25, 0.3) is 0 Å². The minimum absolute atomic E-state index is 0.161. The van der Waals surface area contributed by atoms with Crippen molar-refractivity contribution in [3.05, 3.63) is 108 Å². The Labute approximate surface area is 178 Å². The Morgan fingerprint density at radius 3 is 1.56 bits per heavy atom. The number of hydrogen-bond acceptors (Lipinski definition) is 3. The molecule has 5 heteroatoms. The summed E-state index contributed by atoms with van der Waals surface area (Å²) >= 11 is 3.53. The number of hydrogen-bond donors (Lipinski definition) is 2. The number of nitrogens with one attached hydrogen (secondary N) is 1. The third kappa shape index (κ3) is 4.36. The van der Waals surface area contributed by atoms with E-state index >= 15 is 0 Å². The van der Waals surface area contributed by atoms with Gasteiger partial charge in [0.1, 0.15) is 0 Å². The van der Waals surface area contributed by atoms with Crippen molar-refractivity contribution < 1.29 is 4.79 Å². The Kier molecular flexibility index (Phi) is 6.93. The van der Waals surface area contributed by atoms with Gasteiger partial charge in [-0.3, -0.25) is 8.32 Å². The molecule has 0 radical (unpaired) electrons. The molecule has 0 unspecified atom stereocenters. The molecule has 1 amide bonds. The molecular formula is C22H21IN2OS. The predicted molar refractivity (Wildman–Crippen MR) is 122 cm³/mol. The molecule has 0 bridgehead atoms. The number of benzene rings is 3. The van der Waals surface area contributed by atoms with Crippen LogP contribution in [0.15, 0.2) is 91.0 Å². The van der Waals surface area contributed by atoms with Crippen molar-refractivity contribution in [2.45, 2.75) is 10.8 Å². The summed E-state index contributed by atoms with van der Waals surface area (Å²) in [6.07, 6.45) is 0. The first-order chi connectivity index (χ1) is 13.2. The Bertz CT molecular complexity index is 763. The average molecular weight is 488 g/mol. The van der Waals surface area contributed by atoms with Crippen molar-refractivity contribution in [1.82, 2.24) is 3.53 Å². The van der Waals surface area contributed by atoms with E-state index in [1.165, 1.54) is 0 Å². The Balaban J connectivity index is 2.15. The van der Waals surface area contributed by atoms with Crippen molar-refractivity contribution in [1.29, 1.82) is 0 Å². The zero-order valence-electron chi connectivity index (χ0n) is 14.7. The van der Waals surface area contributed by atoms with Crippen LogP contribution in [0, 0.1) is 0 Å². The Morgan fingerprint density at radius 2 is 1.22 bits per heavy atom. The first-order valence-electron chi connectivity index (χ1n) is 8.65. The molecule has 1 atom stereocenters. The summed E-state index contributed by atoms with van der Waals surface area (Å²) in [7, 11) is 0. The Morgan fingerprint density at radius 1 is 0.852 bits per heavy atom. The standard InChI is InChI=1S/C22H21IN2OS/c23-25-21(26)20(24)16-27-22(17-10-4-1-5-11-17,18-12-6-2-7-13-18)19-14-8-3-9-15-19/h1-15,20H,16,24H2,(H,25,26)/t20-/m0/s1. The molecule has 0 aliphatic rings. The maximum atomic E-state index is 12.0. The lowest BCUT2D eigenvalue weighted by atomic mass is 9.84. The maximum absolute atomic E-state index is 12.0. The minimum Gasteiger partial charge on any atom is -0.319 e. The van der Waals surface area contributed by atoms with Gasteiger partial charge in [-0.25, -0.2) is 0 Å². The molecule has 0 aliphatic heterocycles. The molecule has 0 saturated heterocycles. The molecule has 27 heavy (non-hydrogen) atoms. The highest BCUT2D eigenvalue weighted by Gasteiger charge is 2.37. The van der Waals surface area contributed by atoms with E-state index in [2.05, 4.69) is 39.9 Å². The van der Waals surface area contributed by atoms with Gasteiger partial charge < -0.3 is 5.73 Å². The number of carbonyl (C=O) groups is 1. The van der Waals surface area contributed by atoms with E-state index in [-0.39, 0.29) is 5.91 Å². The van der Waals surface area contributed by atoms with Crippen molar-refractivity contribution in [2.24, 2.45) is 5.73 Å². The number of amides is 1. The third-order valence-corrected chi connectivity index (χ3v) is 6.65. The van der Waals surface area contributed by atoms with Crippen LogP contribution < -0.4 is 9.26 Å². The lowest BCUT2D eigenvalue weighted by Crippen LogP contribution is -2.40. The summed E-state index contributed by atoms with van der Waals surface area (Å²) in [6, 6.07) is 30.6. The van der Waals surface area contributed by atoms with Crippen molar-refractivity contribution in [3.63, 3.8) is 0 Å². The molecule has 3 rings (SSSR count). The fraction of sp³-hybridized carbons (Fsp3) is 0.136. The lowest BCUT2D eigenvalue weighted by Gasteiger charge is -2.36. The normalized spacial score (nSPS) is 12.4. The van der Waals surface area contributed by atoms with Gasteiger partial charge in [-0.15, -0.1) is 11.8 Å². The summed E-state index contributed by atoms with van der Waals surface area (Å²) in [5.41, 5.74) is 9.62. The molecule has 3 aromatic rings. The van der Waals surface area contributed by atoms with E-state index in [1.54, 1.807) is 11.8 Å². The third-order valence-electron chi connectivity index (χ3n) is 4.45. The first kappa shape index (κ1) is 19.9. The van der Waals surface area contributed by atoms with E-state index in [4.69, 9.17) is 5.73 Å². The van der Waals surface area contributed by atoms with Crippen LogP contribution in [0.2, 0.25) is 0 Å². The minimum atomic E-state index is -0.581. The average Bonchev–Trinajstić information content (AvgIpc) is 2.75. The van der Waals surface area contributed by atoms with Crippen molar-refractivity contribution >= 4 is 40.5 Å². The second kappa shape index (κ2) is 9.39. The zero-order chi connectivity index (χ0) is 19.1. The quantitative estimate of drug-likeness (QED) is 0.293. The van der Waals surface area contributed by atoms with E-state index in [0.29, 0.717) is 5.75 Å². The Hall–Kier alpha value is -1.83. The van der Waals surface area contributed by atoms with E-state index < -0.39 is 10.8 Å². The molecule has 0 saturated carbocycles. The zero-order valence-corrected chi connectivity index (χ0v) is 17.7. The van der Waals surface area contributed by atoms with Crippen LogP contribution in [-0.2, 0) is 9.54 Å². The van der Waals surface area contributed by atoms with Gasteiger partial charge in [0.2, 0.25) is 5.91 Å². The molecule has 3 N–H and O–H groups in total. The highest BCUT2D eigenvalue weighted by atomic mass is 127. The number of carbonyl (C=O) groups excluding carboxylic acids is 1. The largest absolute Gasteiger partial charge is 0.319 e. The molecule has 0 spiro atoms. The summed E-state index contributed by atoms with van der Waals surface area (Å²) in [4.78, 5) is 12.0. The maximum Gasteiger partial charge on any atom is 0.246 e. The molecular weight excluding hydrogens is 467 g/mol. The molecule has 0 fully saturated rings. The predicted octanol–water partition coefficient (Wildman–Crippen LogP) is 4.51. The van der Waals surface area contributed by atoms with Crippen LogP contribution in [0.5, 0.6) is 0 Å². The van der Waals surface area contributed by atoms with Gasteiger partial charge in [-0.1, -0.05) is 91.0 Å². The molecule has 0 heterocycles. The summed E-state index contributed by atoms with van der Waals surface area (Å²) < 4.78 is 2.16. The monoisotopic (exact) mass is 488 g/mol. The smallest absolute Gasteiger partial charge is 0.246 e. The van der Waals surface area contributed by atoms with Crippen LogP contribution in [0.3, 0.4) is 0 Å². The van der Waals surface area contributed by atoms with Crippen LogP contribution in [0.1, 0.15) is 16.7 Å². The van der Waals surface area contributed by atoms with Gasteiger partial charge in [-0.2, -0.15) is 0 Å². The van der Waals surface area contributed by atoms with Crippen LogP contribution >= 0.6 is 34.6 Å². The van der Waals surface area contributed by atoms with Crippen molar-refractivity contribution in [3.8, 4) is 0 Å². The fourth-order valence-corrected chi connectivity index (χ4v) is 5.02. The number of thioether (sulfide) groups is 1. The molecule has 138 valence electrons. The molecule has 3 aromatic carbocycles. The van der Waals surface area contributed by atoms with Crippen LogP contribution in [-0.4, -0.2) is 17.7 Å². The van der Waals surface area contributed by atoms with Gasteiger partial charge in [0.25, 0.3) is 0 Å². The number of halogens is 1. The van der Waals surface area contributed by atoms with Gasteiger partial charge >= 0.3 is 0 Å². The van der Waals surface area contributed by atoms with Gasteiger partial charge in [0.05, 0.1) is 33.7 Å². The van der Waals surface area contributed by atoms with E-state index in [1.807, 2.05) is 77.5 Å². The van der Waals surface area contributed by atoms with E-state index in [9.17, 15) is 4.79 Å². The highest BCUT2D eigenvalue weighted by Crippen LogP contribution is 2.48. The molecule has 3 nitrogen and oxygen atoms in total. The topological polar surface area (TPSA) is 55.1 Å². The fourth-order valence-electron chi connectivity index (χ4n) is 3.13. The van der Waals surface area contributed by atoms with Crippen LogP contribution in [0.4, 0.5) is 0 Å². The lowest BCUT2D eigenvalue weighted by molar-refractivity contribution is -0.119. The highest BCUT2D eigenvalue weighted by molar-refractivity contribution is 14.1. The number of nitrogens with two attached hydrogens (primary N) is 1. The second-order valence-corrected chi connectivity index (χ2v) is 7.93. The second-order valence-electron chi connectivity index (χ2n) is 6.16. The number of rotatable bonds is 7. The van der Waals surface area contributed by atoms with E-state index in [0.717, 1.165) is 16.7 Å². The summed E-state index contributed by atoms with van der Waals surface area (Å²) in [5, 5.41) is 0. The van der Waals surface area contributed by atoms with Crippen molar-refractivity contribution in [2.75, 3.05) is 5.75 Å². The van der Waals surface area contributed by atoms with Gasteiger partial charge in [0, 0.05) is 5.75 Å². The van der Waals surface area contributed by atoms with Gasteiger partial charge in [0.15, 0.2) is 0 Å². The molecule has 0 aromatic heterocycles. The summed E-state index contributed by atoms with van der Waals surface area (Å²) in [6.45, 7) is 0. The molecule has 0 aliphatic carbocycles. The first-order valence-corrected chi connectivity index (χ1v) is 10.7. The SMILES string of the molecule is N[C@@H](CSC(c1ccccc1)(c1ccccc1)c1ccccc1)C(=O)NI.